The third kappa shape index (κ3) is 4.51. The van der Waals surface area contributed by atoms with Crippen LogP contribution in [0.15, 0.2) is 42.5 Å². The van der Waals surface area contributed by atoms with Crippen LogP contribution in [0, 0.1) is 19.8 Å². The molecule has 1 N–H and O–H groups in total. The molecule has 0 bridgehead atoms. The van der Waals surface area contributed by atoms with E-state index in [-0.39, 0.29) is 11.8 Å². The zero-order chi connectivity index (χ0) is 16.9. The smallest absolute Gasteiger partial charge is 0.227 e. The quantitative estimate of drug-likeness (QED) is 0.779. The van der Waals surface area contributed by atoms with Crippen LogP contribution in [-0.2, 0) is 4.79 Å². The first-order valence-electron chi connectivity index (χ1n) is 8.35. The number of nitrogens with one attached hydrogen (secondary N) is 1. The van der Waals surface area contributed by atoms with Crippen LogP contribution in [0.3, 0.4) is 0 Å². The van der Waals surface area contributed by atoms with Crippen molar-refractivity contribution in [3.63, 3.8) is 0 Å². The molecular weight excluding hydrogens is 302 g/mol. The molecule has 1 aliphatic carbocycles. The van der Waals surface area contributed by atoms with Crippen molar-refractivity contribution in [1.82, 2.24) is 0 Å². The molecule has 1 aliphatic rings. The van der Waals surface area contributed by atoms with Gasteiger partial charge in [0.25, 0.3) is 0 Å². The molecule has 126 valence electrons. The molecule has 4 heteroatoms. The molecule has 0 atom stereocenters. The second kappa shape index (κ2) is 7.39. The zero-order valence-electron chi connectivity index (χ0n) is 14.2. The van der Waals surface area contributed by atoms with Gasteiger partial charge >= 0.3 is 0 Å². The van der Waals surface area contributed by atoms with Gasteiger partial charge in [0.15, 0.2) is 0 Å². The van der Waals surface area contributed by atoms with Crippen LogP contribution >= 0.6 is 0 Å². The van der Waals surface area contributed by atoms with Crippen LogP contribution in [0.2, 0.25) is 0 Å². The van der Waals surface area contributed by atoms with Gasteiger partial charge in [0.2, 0.25) is 5.91 Å². The lowest BCUT2D eigenvalue weighted by molar-refractivity contribution is -0.117. The minimum atomic E-state index is 0.116. The summed E-state index contributed by atoms with van der Waals surface area (Å²) < 4.78 is 11.4. The Labute approximate surface area is 142 Å². The highest BCUT2D eigenvalue weighted by atomic mass is 16.5. The maximum atomic E-state index is 11.7. The van der Waals surface area contributed by atoms with Gasteiger partial charge in [-0.25, -0.2) is 0 Å². The summed E-state index contributed by atoms with van der Waals surface area (Å²) in [6.45, 7) is 5.04. The first-order chi connectivity index (χ1) is 11.6. The summed E-state index contributed by atoms with van der Waals surface area (Å²) in [4.78, 5) is 11.7. The van der Waals surface area contributed by atoms with Crippen molar-refractivity contribution < 1.29 is 14.3 Å². The van der Waals surface area contributed by atoms with Crippen LogP contribution in [0.4, 0.5) is 5.69 Å². The highest BCUT2D eigenvalue weighted by Gasteiger charge is 2.29. The van der Waals surface area contributed by atoms with E-state index in [0.29, 0.717) is 13.2 Å². The maximum Gasteiger partial charge on any atom is 0.227 e. The lowest BCUT2D eigenvalue weighted by Crippen LogP contribution is -2.13. The molecule has 4 nitrogen and oxygen atoms in total. The fourth-order valence-electron chi connectivity index (χ4n) is 2.40. The van der Waals surface area contributed by atoms with E-state index in [1.54, 1.807) is 0 Å². The van der Waals surface area contributed by atoms with Crippen molar-refractivity contribution in [2.45, 2.75) is 26.7 Å². The molecule has 0 unspecified atom stereocenters. The molecule has 0 aromatic heterocycles. The second-order valence-electron chi connectivity index (χ2n) is 6.25. The first kappa shape index (κ1) is 16.4. The van der Waals surface area contributed by atoms with Crippen molar-refractivity contribution >= 4 is 11.6 Å². The van der Waals surface area contributed by atoms with Gasteiger partial charge in [-0.3, -0.25) is 4.79 Å². The summed E-state index contributed by atoms with van der Waals surface area (Å²) in [7, 11) is 0. The summed E-state index contributed by atoms with van der Waals surface area (Å²) in [5, 5.41) is 2.91. The molecule has 3 rings (SSSR count). The van der Waals surface area contributed by atoms with E-state index in [1.165, 1.54) is 5.56 Å². The average molecular weight is 325 g/mol. The molecule has 2 aromatic rings. The van der Waals surface area contributed by atoms with Crippen LogP contribution in [0.5, 0.6) is 11.5 Å². The van der Waals surface area contributed by atoms with Crippen LogP contribution in [-0.4, -0.2) is 19.1 Å². The number of carbonyl (C=O) groups excluding carboxylic acids is 1. The summed E-state index contributed by atoms with van der Waals surface area (Å²) in [6.07, 6.45) is 2.01. The summed E-state index contributed by atoms with van der Waals surface area (Å²) in [5.74, 6) is 1.99. The van der Waals surface area contributed by atoms with Crippen LogP contribution in [0.1, 0.15) is 24.0 Å². The number of carbonyl (C=O) groups is 1. The fourth-order valence-corrected chi connectivity index (χ4v) is 2.40. The summed E-state index contributed by atoms with van der Waals surface area (Å²) in [6, 6.07) is 13.6. The predicted octanol–water partition coefficient (Wildman–Crippen LogP) is 4.11. The highest BCUT2D eigenvalue weighted by molar-refractivity contribution is 5.94. The van der Waals surface area contributed by atoms with E-state index in [4.69, 9.17) is 9.47 Å². The lowest BCUT2D eigenvalue weighted by atomic mass is 10.1. The number of hydrogen-bond acceptors (Lipinski definition) is 3. The normalized spacial score (nSPS) is 13.4. The topological polar surface area (TPSA) is 47.6 Å². The lowest BCUT2D eigenvalue weighted by Gasteiger charge is -2.11. The highest BCUT2D eigenvalue weighted by Crippen LogP contribution is 2.30. The Balaban J connectivity index is 1.43. The molecule has 0 saturated heterocycles. The largest absolute Gasteiger partial charge is 0.490 e. The minimum Gasteiger partial charge on any atom is -0.490 e. The molecule has 0 aliphatic heterocycles. The Morgan fingerprint density at radius 2 is 1.75 bits per heavy atom. The number of aryl methyl sites for hydroxylation is 2. The summed E-state index contributed by atoms with van der Waals surface area (Å²) in [5.41, 5.74) is 3.11. The van der Waals surface area contributed by atoms with Gasteiger partial charge in [-0.15, -0.1) is 0 Å². The van der Waals surface area contributed by atoms with Gasteiger partial charge < -0.3 is 14.8 Å². The zero-order valence-corrected chi connectivity index (χ0v) is 14.2. The average Bonchev–Trinajstić information content (AvgIpc) is 3.41. The standard InChI is InChI=1S/C20H23NO3/c1-14-3-4-15(2)19(13-14)24-12-11-23-18-9-7-17(8-10-18)21-20(22)16-5-6-16/h3-4,7-10,13,16H,5-6,11-12H2,1-2H3,(H,21,22). The monoisotopic (exact) mass is 325 g/mol. The van der Waals surface area contributed by atoms with E-state index in [0.717, 1.165) is 35.6 Å². The van der Waals surface area contributed by atoms with Gasteiger partial charge in [0.1, 0.15) is 24.7 Å². The molecule has 1 amide bonds. The fraction of sp³-hybridized carbons (Fsp3) is 0.350. The molecule has 0 spiro atoms. The maximum absolute atomic E-state index is 11.7. The SMILES string of the molecule is Cc1ccc(C)c(OCCOc2ccc(NC(=O)C3CC3)cc2)c1. The van der Waals surface area contributed by atoms with Crippen molar-refractivity contribution in [1.29, 1.82) is 0 Å². The van der Waals surface area contributed by atoms with Gasteiger partial charge in [-0.1, -0.05) is 12.1 Å². The number of rotatable bonds is 7. The van der Waals surface area contributed by atoms with Crippen molar-refractivity contribution in [3.8, 4) is 11.5 Å². The van der Waals surface area contributed by atoms with Gasteiger partial charge in [0, 0.05) is 11.6 Å². The van der Waals surface area contributed by atoms with E-state index in [1.807, 2.05) is 44.2 Å². The molecule has 1 saturated carbocycles. The number of hydrogen-bond donors (Lipinski definition) is 1. The van der Waals surface area contributed by atoms with Crippen LogP contribution in [0.25, 0.3) is 0 Å². The Morgan fingerprint density at radius 1 is 1.04 bits per heavy atom. The molecule has 2 aromatic carbocycles. The Hall–Kier alpha value is -2.49. The van der Waals surface area contributed by atoms with E-state index in [2.05, 4.69) is 17.4 Å². The number of ether oxygens (including phenoxy) is 2. The third-order valence-electron chi connectivity index (χ3n) is 4.02. The molecule has 0 heterocycles. The van der Waals surface area contributed by atoms with E-state index >= 15 is 0 Å². The van der Waals surface area contributed by atoms with Gasteiger partial charge in [-0.2, -0.15) is 0 Å². The van der Waals surface area contributed by atoms with Crippen LogP contribution < -0.4 is 14.8 Å². The Kier molecular flexibility index (Phi) is 5.04. The minimum absolute atomic E-state index is 0.116. The second-order valence-corrected chi connectivity index (χ2v) is 6.25. The summed E-state index contributed by atoms with van der Waals surface area (Å²) >= 11 is 0. The van der Waals surface area contributed by atoms with Gasteiger partial charge in [0.05, 0.1) is 0 Å². The molecule has 0 radical (unpaired) electrons. The number of benzene rings is 2. The van der Waals surface area contributed by atoms with Crippen molar-refractivity contribution in [2.24, 2.45) is 5.92 Å². The van der Waals surface area contributed by atoms with Crippen molar-refractivity contribution in [3.05, 3.63) is 53.6 Å². The third-order valence-corrected chi connectivity index (χ3v) is 4.02. The molecule has 24 heavy (non-hydrogen) atoms. The van der Waals surface area contributed by atoms with E-state index < -0.39 is 0 Å². The number of amides is 1. The van der Waals surface area contributed by atoms with Gasteiger partial charge in [-0.05, 0) is 68.1 Å². The Bertz CT molecular complexity index is 705. The Morgan fingerprint density at radius 3 is 2.46 bits per heavy atom. The predicted molar refractivity (Wildman–Crippen MR) is 94.7 cm³/mol. The number of anilines is 1. The first-order valence-corrected chi connectivity index (χ1v) is 8.35. The van der Waals surface area contributed by atoms with E-state index in [9.17, 15) is 4.79 Å². The van der Waals surface area contributed by atoms with Crippen molar-refractivity contribution in [2.75, 3.05) is 18.5 Å². The molecular formula is C20H23NO3. The molecule has 1 fully saturated rings.